The highest BCUT2D eigenvalue weighted by atomic mass is 16.5. The van der Waals surface area contributed by atoms with Crippen molar-refractivity contribution in [2.45, 2.75) is 39.7 Å². The molecule has 0 heterocycles. The summed E-state index contributed by atoms with van der Waals surface area (Å²) in [6.07, 6.45) is 2.72. The van der Waals surface area contributed by atoms with Crippen molar-refractivity contribution in [3.63, 3.8) is 0 Å². The van der Waals surface area contributed by atoms with Gasteiger partial charge >= 0.3 is 0 Å². The zero-order valence-corrected chi connectivity index (χ0v) is 8.02. The van der Waals surface area contributed by atoms with Gasteiger partial charge in [-0.15, -0.1) is 0 Å². The van der Waals surface area contributed by atoms with Crippen LogP contribution in [0.25, 0.3) is 0 Å². The second-order valence-electron chi connectivity index (χ2n) is 2.66. The summed E-state index contributed by atoms with van der Waals surface area (Å²) in [5, 5.41) is 3.23. The van der Waals surface area contributed by atoms with Gasteiger partial charge in [0.25, 0.3) is 0 Å². The Kier molecular flexibility index (Phi) is 7.96. The van der Waals surface area contributed by atoms with Crippen LogP contribution in [-0.2, 0) is 4.74 Å². The summed E-state index contributed by atoms with van der Waals surface area (Å²) in [5.41, 5.74) is 0. The smallest absolute Gasteiger partial charge is 0.0594 e. The van der Waals surface area contributed by atoms with Gasteiger partial charge in [-0.1, -0.05) is 20.8 Å². The normalized spacial score (nSPS) is 10.9. The lowest BCUT2D eigenvalue weighted by Crippen LogP contribution is -2.22. The molecule has 0 rings (SSSR count). The fourth-order valence-corrected chi connectivity index (χ4v) is 0.999. The van der Waals surface area contributed by atoms with Crippen LogP contribution in [0.15, 0.2) is 0 Å². The average Bonchev–Trinajstić information content (AvgIpc) is 2.05. The molecule has 0 aliphatic carbocycles. The van der Waals surface area contributed by atoms with Crippen molar-refractivity contribution in [2.75, 3.05) is 19.7 Å². The molecule has 0 aliphatic rings. The molecular formula is C9H21NO. The third-order valence-corrected chi connectivity index (χ3v) is 1.79. The molecule has 0 aromatic heterocycles. The number of nitrogens with one attached hydrogen (secondary N) is 1. The van der Waals surface area contributed by atoms with Crippen molar-refractivity contribution in [3.8, 4) is 0 Å². The van der Waals surface area contributed by atoms with E-state index in [1.165, 1.54) is 0 Å². The molecule has 1 N–H and O–H groups in total. The van der Waals surface area contributed by atoms with Crippen molar-refractivity contribution in [1.29, 1.82) is 0 Å². The third-order valence-electron chi connectivity index (χ3n) is 1.79. The maximum atomic E-state index is 5.58. The summed E-state index contributed by atoms with van der Waals surface area (Å²) in [7, 11) is 0. The van der Waals surface area contributed by atoms with Crippen molar-refractivity contribution < 1.29 is 4.74 Å². The van der Waals surface area contributed by atoms with E-state index in [9.17, 15) is 0 Å². The third kappa shape index (κ3) is 6.32. The monoisotopic (exact) mass is 159 g/mol. The predicted octanol–water partition coefficient (Wildman–Crippen LogP) is 1.80. The van der Waals surface area contributed by atoms with E-state index in [-0.39, 0.29) is 0 Å². The summed E-state index contributed by atoms with van der Waals surface area (Å²) in [6.45, 7) is 9.30. The molecule has 0 atom stereocenters. The quantitative estimate of drug-likeness (QED) is 0.572. The van der Waals surface area contributed by atoms with Gasteiger partial charge in [0.1, 0.15) is 0 Å². The number of hydrogen-bond acceptors (Lipinski definition) is 2. The molecule has 0 saturated carbocycles. The Morgan fingerprint density at radius 1 is 1.18 bits per heavy atom. The van der Waals surface area contributed by atoms with E-state index in [0.717, 1.165) is 32.5 Å². The molecular weight excluding hydrogens is 138 g/mol. The largest absolute Gasteiger partial charge is 0.377 e. The number of likely N-dealkylation sites (N-methyl/N-ethyl adjacent to an activating group) is 1. The molecule has 0 aliphatic heterocycles. The number of hydrogen-bond donors (Lipinski definition) is 1. The van der Waals surface area contributed by atoms with E-state index in [2.05, 4.69) is 26.1 Å². The summed E-state index contributed by atoms with van der Waals surface area (Å²) < 4.78 is 5.58. The molecule has 2 heteroatoms. The molecule has 0 bridgehead atoms. The first-order valence-corrected chi connectivity index (χ1v) is 4.67. The molecule has 2 nitrogen and oxygen atoms in total. The molecule has 0 unspecified atom stereocenters. The fourth-order valence-electron chi connectivity index (χ4n) is 0.999. The Hall–Kier alpha value is -0.0800. The lowest BCUT2D eigenvalue weighted by Gasteiger charge is -2.13. The van der Waals surface area contributed by atoms with E-state index in [4.69, 9.17) is 4.74 Å². The highest BCUT2D eigenvalue weighted by Gasteiger charge is 2.00. The molecule has 0 saturated heterocycles. The van der Waals surface area contributed by atoms with Gasteiger partial charge in [-0.25, -0.2) is 0 Å². The van der Waals surface area contributed by atoms with Crippen LogP contribution in [0.5, 0.6) is 0 Å². The first-order chi connectivity index (χ1) is 5.35. The Labute approximate surface area is 70.3 Å². The van der Waals surface area contributed by atoms with Gasteiger partial charge in [-0.3, -0.25) is 0 Å². The van der Waals surface area contributed by atoms with Crippen LogP contribution in [0, 0.1) is 0 Å². The lowest BCUT2D eigenvalue weighted by molar-refractivity contribution is 0.0504. The van der Waals surface area contributed by atoms with Gasteiger partial charge in [0, 0.05) is 6.54 Å². The Bertz CT molecular complexity index is 72.0. The molecule has 11 heavy (non-hydrogen) atoms. The molecule has 0 fully saturated rings. The van der Waals surface area contributed by atoms with Crippen LogP contribution in [0.2, 0.25) is 0 Å². The molecule has 0 spiro atoms. The fraction of sp³-hybridized carbons (Fsp3) is 1.00. The molecule has 68 valence electrons. The standard InChI is InChI=1S/C9H21NO/c1-4-9(5-2)11-8-7-10-6-3/h9-10H,4-8H2,1-3H3. The van der Waals surface area contributed by atoms with Crippen LogP contribution in [0.3, 0.4) is 0 Å². The minimum absolute atomic E-state index is 0.466. The van der Waals surface area contributed by atoms with Crippen molar-refractivity contribution in [1.82, 2.24) is 5.32 Å². The Morgan fingerprint density at radius 2 is 1.82 bits per heavy atom. The van der Waals surface area contributed by atoms with Gasteiger partial charge < -0.3 is 10.1 Å². The summed E-state index contributed by atoms with van der Waals surface area (Å²) in [6, 6.07) is 0. The van der Waals surface area contributed by atoms with Crippen LogP contribution in [0.4, 0.5) is 0 Å². The topological polar surface area (TPSA) is 21.3 Å². The van der Waals surface area contributed by atoms with Gasteiger partial charge in [-0.05, 0) is 19.4 Å². The second-order valence-corrected chi connectivity index (χ2v) is 2.66. The van der Waals surface area contributed by atoms with Crippen molar-refractivity contribution >= 4 is 0 Å². The van der Waals surface area contributed by atoms with E-state index in [1.807, 2.05) is 0 Å². The number of rotatable bonds is 7. The minimum Gasteiger partial charge on any atom is -0.377 e. The van der Waals surface area contributed by atoms with Crippen LogP contribution in [0.1, 0.15) is 33.6 Å². The highest BCUT2D eigenvalue weighted by Crippen LogP contribution is 2.01. The SMILES string of the molecule is CCNCCOC(CC)CC. The second kappa shape index (κ2) is 8.02. The molecule has 0 aromatic carbocycles. The van der Waals surface area contributed by atoms with Gasteiger partial charge in [-0.2, -0.15) is 0 Å². The minimum atomic E-state index is 0.466. The van der Waals surface area contributed by atoms with Gasteiger partial charge in [0.05, 0.1) is 12.7 Å². The highest BCUT2D eigenvalue weighted by molar-refractivity contribution is 4.51. The summed E-state index contributed by atoms with van der Waals surface area (Å²) >= 11 is 0. The average molecular weight is 159 g/mol. The van der Waals surface area contributed by atoms with Crippen molar-refractivity contribution in [3.05, 3.63) is 0 Å². The lowest BCUT2D eigenvalue weighted by atomic mass is 10.2. The van der Waals surface area contributed by atoms with Gasteiger partial charge in [0.2, 0.25) is 0 Å². The van der Waals surface area contributed by atoms with E-state index in [1.54, 1.807) is 0 Å². The maximum Gasteiger partial charge on any atom is 0.0594 e. The zero-order chi connectivity index (χ0) is 8.53. The maximum absolute atomic E-state index is 5.58. The molecule has 0 radical (unpaired) electrons. The number of ether oxygens (including phenoxy) is 1. The van der Waals surface area contributed by atoms with Crippen LogP contribution < -0.4 is 5.32 Å². The first-order valence-electron chi connectivity index (χ1n) is 4.67. The molecule has 0 amide bonds. The van der Waals surface area contributed by atoms with Crippen molar-refractivity contribution in [2.24, 2.45) is 0 Å². The predicted molar refractivity (Wildman–Crippen MR) is 48.9 cm³/mol. The van der Waals surface area contributed by atoms with E-state index < -0.39 is 0 Å². The summed E-state index contributed by atoms with van der Waals surface area (Å²) in [4.78, 5) is 0. The van der Waals surface area contributed by atoms with Crippen LogP contribution in [-0.4, -0.2) is 25.8 Å². The zero-order valence-electron chi connectivity index (χ0n) is 8.02. The van der Waals surface area contributed by atoms with E-state index in [0.29, 0.717) is 6.10 Å². The Balaban J connectivity index is 3.07. The van der Waals surface area contributed by atoms with Gasteiger partial charge in [0.15, 0.2) is 0 Å². The van der Waals surface area contributed by atoms with E-state index >= 15 is 0 Å². The Morgan fingerprint density at radius 3 is 2.27 bits per heavy atom. The van der Waals surface area contributed by atoms with Crippen LogP contribution >= 0.6 is 0 Å². The summed E-state index contributed by atoms with van der Waals surface area (Å²) in [5.74, 6) is 0. The molecule has 0 aromatic rings. The first kappa shape index (κ1) is 10.9.